The van der Waals surface area contributed by atoms with E-state index in [0.29, 0.717) is 0 Å². The van der Waals surface area contributed by atoms with Gasteiger partial charge in [-0.15, -0.1) is 0 Å². The van der Waals surface area contributed by atoms with Crippen molar-refractivity contribution < 1.29 is 95.3 Å². The van der Waals surface area contributed by atoms with Crippen LogP contribution in [0.4, 0.5) is 43.9 Å². The molecule has 0 atom stereocenters. The Morgan fingerprint density at radius 1 is 0.581 bits per heavy atom. The van der Waals surface area contributed by atoms with Crippen LogP contribution in [0.3, 0.4) is 0 Å². The zero-order valence-corrected chi connectivity index (χ0v) is 18.6. The molecule has 0 bridgehead atoms. The Morgan fingerprint density at radius 2 is 0.903 bits per heavy atom. The molecule has 0 aliphatic carbocycles. The van der Waals surface area contributed by atoms with Crippen LogP contribution in [-0.2, 0) is 12.6 Å². The average molecular weight is 500 g/mol. The van der Waals surface area contributed by atoms with Gasteiger partial charge in [0, 0.05) is 5.17 Å². The molecule has 4 nitrogen and oxygen atoms in total. The van der Waals surface area contributed by atoms with E-state index in [9.17, 15) is 43.9 Å². The van der Waals surface area contributed by atoms with Gasteiger partial charge in [0.15, 0.2) is 46.5 Å². The number of hydrazone groups is 1. The summed E-state index contributed by atoms with van der Waals surface area (Å²) in [6.45, 7) is 0. The molecule has 0 unspecified atom stereocenters. The largest absolute Gasteiger partial charge is 1.00 e. The molecule has 160 valence electrons. The SMILES string of the molecule is Fc1c(F)c(F)c(/C=N\N=C([S-])N/N=C\c2c(F)c(F)c(F)c(F)c2F)c(F)c1F.[K+]. The van der Waals surface area contributed by atoms with Crippen LogP contribution in [0.25, 0.3) is 0 Å². The summed E-state index contributed by atoms with van der Waals surface area (Å²) in [4.78, 5) is 0. The van der Waals surface area contributed by atoms with Crippen LogP contribution < -0.4 is 56.8 Å². The minimum Gasteiger partial charge on any atom is -0.739 e. The number of nitrogens with one attached hydrogen (secondary N) is 1. The predicted molar refractivity (Wildman–Crippen MR) is 85.6 cm³/mol. The molecular formula is C15H3F10KN4S. The normalized spacial score (nSPS) is 12.0. The molecular weight excluding hydrogens is 497 g/mol. The average Bonchev–Trinajstić information content (AvgIpc) is 2.72. The minimum atomic E-state index is -2.39. The summed E-state index contributed by atoms with van der Waals surface area (Å²) in [7, 11) is 0. The monoisotopic (exact) mass is 500 g/mol. The zero-order valence-electron chi connectivity index (χ0n) is 14.7. The maximum absolute atomic E-state index is 13.4. The van der Waals surface area contributed by atoms with E-state index in [1.165, 1.54) is 0 Å². The van der Waals surface area contributed by atoms with Gasteiger partial charge < -0.3 is 12.6 Å². The van der Waals surface area contributed by atoms with Crippen molar-refractivity contribution in [2.75, 3.05) is 0 Å². The molecule has 0 saturated carbocycles. The number of benzene rings is 2. The fraction of sp³-hybridized carbons (Fsp3) is 0. The summed E-state index contributed by atoms with van der Waals surface area (Å²) in [6.07, 6.45) is 0.282. The fourth-order valence-corrected chi connectivity index (χ4v) is 1.88. The van der Waals surface area contributed by atoms with Crippen molar-refractivity contribution in [3.05, 3.63) is 69.3 Å². The van der Waals surface area contributed by atoms with E-state index in [1.807, 2.05) is 0 Å². The molecule has 0 spiro atoms. The fourth-order valence-electron chi connectivity index (χ4n) is 1.78. The van der Waals surface area contributed by atoms with E-state index in [2.05, 4.69) is 27.9 Å². The third kappa shape index (κ3) is 5.81. The van der Waals surface area contributed by atoms with Gasteiger partial charge in [-0.2, -0.15) is 15.3 Å². The van der Waals surface area contributed by atoms with Crippen molar-refractivity contribution in [3.63, 3.8) is 0 Å². The Kier molecular flexibility index (Phi) is 10.0. The molecule has 1 N–H and O–H groups in total. The van der Waals surface area contributed by atoms with Crippen molar-refractivity contribution in [2.24, 2.45) is 15.3 Å². The van der Waals surface area contributed by atoms with Crippen molar-refractivity contribution in [2.45, 2.75) is 0 Å². The van der Waals surface area contributed by atoms with Crippen LogP contribution in [0.15, 0.2) is 15.3 Å². The molecule has 31 heavy (non-hydrogen) atoms. The Morgan fingerprint density at radius 3 is 1.29 bits per heavy atom. The van der Waals surface area contributed by atoms with Crippen LogP contribution in [0.2, 0.25) is 0 Å². The van der Waals surface area contributed by atoms with Gasteiger partial charge in [0.25, 0.3) is 0 Å². The summed E-state index contributed by atoms with van der Waals surface area (Å²) in [5, 5.41) is 8.22. The molecule has 16 heteroatoms. The Hall–Kier alpha value is -1.59. The van der Waals surface area contributed by atoms with E-state index < -0.39 is 74.5 Å². The molecule has 0 saturated heterocycles. The van der Waals surface area contributed by atoms with Gasteiger partial charge in [0.05, 0.1) is 23.6 Å². The maximum atomic E-state index is 13.4. The first-order chi connectivity index (χ1) is 14.0. The van der Waals surface area contributed by atoms with Gasteiger partial charge in [0.1, 0.15) is 0 Å². The van der Waals surface area contributed by atoms with Crippen LogP contribution in [0.1, 0.15) is 11.1 Å². The van der Waals surface area contributed by atoms with Crippen LogP contribution in [0, 0.1) is 58.2 Å². The Balaban J connectivity index is 0.00000480. The summed E-state index contributed by atoms with van der Waals surface area (Å²) in [6, 6.07) is 0. The number of rotatable bonds is 4. The van der Waals surface area contributed by atoms with Crippen LogP contribution >= 0.6 is 0 Å². The van der Waals surface area contributed by atoms with Gasteiger partial charge in [-0.3, -0.25) is 5.43 Å². The number of halogens is 10. The number of amidine groups is 1. The van der Waals surface area contributed by atoms with E-state index in [4.69, 9.17) is 0 Å². The quantitative estimate of drug-likeness (QED) is 0.0994. The van der Waals surface area contributed by atoms with Crippen molar-refractivity contribution in [1.29, 1.82) is 0 Å². The van der Waals surface area contributed by atoms with Crippen LogP contribution in [-0.4, -0.2) is 17.6 Å². The number of nitrogens with zero attached hydrogens (tertiary/aromatic N) is 3. The summed E-state index contributed by atoms with van der Waals surface area (Å²) < 4.78 is 131. The van der Waals surface area contributed by atoms with Crippen molar-refractivity contribution in [1.82, 2.24) is 5.43 Å². The number of hydrogen-bond acceptors (Lipinski definition) is 4. The third-order valence-electron chi connectivity index (χ3n) is 3.18. The summed E-state index contributed by atoms with van der Waals surface area (Å²) in [5.41, 5.74) is -1.13. The molecule has 2 rings (SSSR count). The molecule has 0 amide bonds. The molecule has 0 aliphatic heterocycles. The van der Waals surface area contributed by atoms with E-state index in [-0.39, 0.29) is 63.8 Å². The van der Waals surface area contributed by atoms with E-state index >= 15 is 0 Å². The summed E-state index contributed by atoms with van der Waals surface area (Å²) in [5.74, 6) is -22.5. The van der Waals surface area contributed by atoms with Gasteiger partial charge in [-0.1, -0.05) is 0 Å². The minimum absolute atomic E-state index is 0. The second-order valence-corrected chi connectivity index (χ2v) is 5.37. The molecule has 2 aromatic carbocycles. The van der Waals surface area contributed by atoms with Gasteiger partial charge in [-0.25, -0.2) is 43.9 Å². The van der Waals surface area contributed by atoms with Gasteiger partial charge in [-0.05, 0) is 0 Å². The Labute approximate surface area is 213 Å². The zero-order chi connectivity index (χ0) is 22.7. The smallest absolute Gasteiger partial charge is 0.739 e. The Bertz CT molecular complexity index is 1050. The third-order valence-corrected chi connectivity index (χ3v) is 3.35. The van der Waals surface area contributed by atoms with Gasteiger partial charge >= 0.3 is 51.4 Å². The second kappa shape index (κ2) is 11.3. The molecule has 0 aliphatic rings. The molecule has 0 heterocycles. The van der Waals surface area contributed by atoms with E-state index in [0.717, 1.165) is 0 Å². The van der Waals surface area contributed by atoms with Crippen LogP contribution in [0.5, 0.6) is 0 Å². The van der Waals surface area contributed by atoms with Crippen molar-refractivity contribution in [3.8, 4) is 0 Å². The molecule has 0 aromatic heterocycles. The summed E-state index contributed by atoms with van der Waals surface area (Å²) >= 11 is 4.46. The second-order valence-electron chi connectivity index (χ2n) is 4.99. The first-order valence-corrected chi connectivity index (χ1v) is 7.49. The topological polar surface area (TPSA) is 49.1 Å². The molecule has 0 fully saturated rings. The number of hydrogen-bond donors (Lipinski definition) is 1. The first-order valence-electron chi connectivity index (χ1n) is 7.08. The standard InChI is InChI=1S/C15H4F10N4S.K/c16-5-3(6(17)10(21)13(24)9(5)20)1-26-28-15(30)29-27-2-4-7(18)11(22)14(25)12(23)8(4)19;/h1-2H,(H2,28,29,30);/q;+1/p-1/b26-1-,27-2-;. The first kappa shape index (κ1) is 27.4. The predicted octanol–water partition coefficient (Wildman–Crippen LogP) is 0.942. The van der Waals surface area contributed by atoms with Crippen molar-refractivity contribution >= 4 is 30.2 Å². The maximum Gasteiger partial charge on any atom is 1.00 e. The molecule has 2 aromatic rings. The van der Waals surface area contributed by atoms with E-state index in [1.54, 1.807) is 5.43 Å². The van der Waals surface area contributed by atoms with Gasteiger partial charge in [0.2, 0.25) is 11.6 Å². The molecule has 0 radical (unpaired) electrons.